The highest BCUT2D eigenvalue weighted by Gasteiger charge is 2.32. The lowest BCUT2D eigenvalue weighted by atomic mass is 9.84. The Morgan fingerprint density at radius 3 is 2.36 bits per heavy atom. The quantitative estimate of drug-likeness (QED) is 0.423. The standard InChI is InChI=1S/C28H29FN6O/c1-19-25-26(33-14-16-34(17-15-33)28(36)21-8-5-9-21)30-24(18-20-6-3-2-4-7-20)31-27(25)35(32-19)23-12-10-22(29)11-13-23/h2-4,6-7,10-13,21H,5,8-9,14-18H2,1H3. The fraction of sp³-hybridized carbons (Fsp3) is 0.357. The van der Waals surface area contributed by atoms with Crippen LogP contribution in [0.25, 0.3) is 16.7 Å². The van der Waals surface area contributed by atoms with Crippen LogP contribution >= 0.6 is 0 Å². The number of fused-ring (bicyclic) bond motifs is 1. The highest BCUT2D eigenvalue weighted by Crippen LogP contribution is 2.32. The number of piperazine rings is 1. The molecule has 184 valence electrons. The second-order valence-corrected chi connectivity index (χ2v) is 9.74. The SMILES string of the molecule is Cc1nn(-c2ccc(F)cc2)c2nc(Cc3ccccc3)nc(N3CCN(C(=O)C4CCC4)CC3)c12. The molecule has 0 spiro atoms. The maximum atomic E-state index is 13.6. The molecule has 1 saturated carbocycles. The Hall–Kier alpha value is -3.81. The molecule has 0 radical (unpaired) electrons. The maximum absolute atomic E-state index is 13.6. The zero-order valence-corrected chi connectivity index (χ0v) is 20.4. The normalized spacial score (nSPS) is 16.4. The molecular formula is C28H29FN6O. The first-order valence-corrected chi connectivity index (χ1v) is 12.7. The van der Waals surface area contributed by atoms with E-state index in [1.807, 2.05) is 30.0 Å². The lowest BCUT2D eigenvalue weighted by molar-refractivity contribution is -0.138. The van der Waals surface area contributed by atoms with Crippen molar-refractivity contribution in [1.29, 1.82) is 0 Å². The first-order valence-electron chi connectivity index (χ1n) is 12.7. The lowest BCUT2D eigenvalue weighted by Gasteiger charge is -2.38. The first-order chi connectivity index (χ1) is 17.6. The molecule has 7 nitrogen and oxygen atoms in total. The summed E-state index contributed by atoms with van der Waals surface area (Å²) in [5.74, 6) is 1.79. The van der Waals surface area contributed by atoms with Gasteiger partial charge in [-0.1, -0.05) is 36.8 Å². The zero-order chi connectivity index (χ0) is 24.6. The van der Waals surface area contributed by atoms with Crippen LogP contribution in [-0.2, 0) is 11.2 Å². The van der Waals surface area contributed by atoms with Gasteiger partial charge in [0.1, 0.15) is 17.5 Å². The molecule has 2 aromatic heterocycles. The molecule has 36 heavy (non-hydrogen) atoms. The van der Waals surface area contributed by atoms with Crippen molar-refractivity contribution in [3.63, 3.8) is 0 Å². The summed E-state index contributed by atoms with van der Waals surface area (Å²) in [5, 5.41) is 5.68. The summed E-state index contributed by atoms with van der Waals surface area (Å²) in [5.41, 5.74) is 3.41. The number of hydrogen-bond acceptors (Lipinski definition) is 5. The number of rotatable bonds is 5. The number of benzene rings is 2. The molecule has 0 N–H and O–H groups in total. The average Bonchev–Trinajstić information content (AvgIpc) is 3.20. The Kier molecular flexibility index (Phi) is 5.87. The number of anilines is 1. The van der Waals surface area contributed by atoms with Gasteiger partial charge in [-0.3, -0.25) is 4.79 Å². The summed E-state index contributed by atoms with van der Waals surface area (Å²) in [6.45, 7) is 4.79. The van der Waals surface area contributed by atoms with E-state index in [4.69, 9.17) is 15.1 Å². The molecule has 2 aromatic carbocycles. The van der Waals surface area contributed by atoms with Crippen molar-refractivity contribution in [2.45, 2.75) is 32.6 Å². The predicted molar refractivity (Wildman–Crippen MR) is 137 cm³/mol. The molecule has 0 atom stereocenters. The van der Waals surface area contributed by atoms with Gasteiger partial charge in [-0.05, 0) is 49.6 Å². The average molecular weight is 485 g/mol. The van der Waals surface area contributed by atoms with Crippen LogP contribution in [0, 0.1) is 18.7 Å². The van der Waals surface area contributed by atoms with Crippen molar-refractivity contribution >= 4 is 22.8 Å². The van der Waals surface area contributed by atoms with Crippen LogP contribution < -0.4 is 4.90 Å². The minimum atomic E-state index is -0.290. The molecule has 0 bridgehead atoms. The van der Waals surface area contributed by atoms with Gasteiger partial charge in [0.05, 0.1) is 16.8 Å². The Morgan fingerprint density at radius 1 is 0.972 bits per heavy atom. The molecule has 3 heterocycles. The minimum absolute atomic E-state index is 0.218. The number of aryl methyl sites for hydroxylation is 1. The van der Waals surface area contributed by atoms with Gasteiger partial charge in [0.2, 0.25) is 5.91 Å². The molecule has 4 aromatic rings. The largest absolute Gasteiger partial charge is 0.352 e. The Labute approximate surface area is 209 Å². The monoisotopic (exact) mass is 484 g/mol. The molecule has 2 aliphatic rings. The van der Waals surface area contributed by atoms with E-state index >= 15 is 0 Å². The van der Waals surface area contributed by atoms with Gasteiger partial charge < -0.3 is 9.80 Å². The number of hydrogen-bond donors (Lipinski definition) is 0. The summed E-state index contributed by atoms with van der Waals surface area (Å²) in [6.07, 6.45) is 3.81. The highest BCUT2D eigenvalue weighted by molar-refractivity contribution is 5.91. The van der Waals surface area contributed by atoms with E-state index in [0.717, 1.165) is 60.5 Å². The van der Waals surface area contributed by atoms with E-state index in [-0.39, 0.29) is 11.7 Å². The van der Waals surface area contributed by atoms with E-state index in [9.17, 15) is 9.18 Å². The number of amides is 1. The summed E-state index contributed by atoms with van der Waals surface area (Å²) in [6, 6.07) is 16.5. The number of nitrogens with zero attached hydrogens (tertiary/aromatic N) is 6. The summed E-state index contributed by atoms with van der Waals surface area (Å²) < 4.78 is 15.4. The molecule has 1 aliphatic carbocycles. The first kappa shape index (κ1) is 22.6. The van der Waals surface area contributed by atoms with E-state index in [2.05, 4.69) is 17.0 Å². The van der Waals surface area contributed by atoms with E-state index in [1.54, 1.807) is 16.8 Å². The van der Waals surface area contributed by atoms with Crippen molar-refractivity contribution in [3.8, 4) is 5.69 Å². The van der Waals surface area contributed by atoms with Crippen LogP contribution in [0.1, 0.15) is 36.3 Å². The van der Waals surface area contributed by atoms with Crippen molar-refractivity contribution in [2.75, 3.05) is 31.1 Å². The van der Waals surface area contributed by atoms with E-state index in [1.165, 1.54) is 12.1 Å². The summed E-state index contributed by atoms with van der Waals surface area (Å²) in [7, 11) is 0. The zero-order valence-electron chi connectivity index (χ0n) is 20.4. The van der Waals surface area contributed by atoms with Gasteiger partial charge in [0, 0.05) is 38.5 Å². The van der Waals surface area contributed by atoms with Gasteiger partial charge >= 0.3 is 0 Å². The lowest BCUT2D eigenvalue weighted by Crippen LogP contribution is -2.51. The third-order valence-corrected chi connectivity index (χ3v) is 7.35. The van der Waals surface area contributed by atoms with Gasteiger partial charge in [-0.2, -0.15) is 5.10 Å². The van der Waals surface area contributed by atoms with Gasteiger partial charge in [-0.25, -0.2) is 19.0 Å². The molecule has 1 aliphatic heterocycles. The van der Waals surface area contributed by atoms with Gasteiger partial charge in [-0.15, -0.1) is 0 Å². The van der Waals surface area contributed by atoms with Crippen LogP contribution in [0.15, 0.2) is 54.6 Å². The van der Waals surface area contributed by atoms with Crippen molar-refractivity contribution < 1.29 is 9.18 Å². The molecule has 1 amide bonds. The number of halogens is 1. The Balaban J connectivity index is 1.38. The van der Waals surface area contributed by atoms with Crippen LogP contribution in [0.4, 0.5) is 10.2 Å². The molecule has 6 rings (SSSR count). The maximum Gasteiger partial charge on any atom is 0.225 e. The Morgan fingerprint density at radius 2 is 1.69 bits per heavy atom. The minimum Gasteiger partial charge on any atom is -0.352 e. The summed E-state index contributed by atoms with van der Waals surface area (Å²) in [4.78, 5) is 27.0. The molecule has 8 heteroatoms. The van der Waals surface area contributed by atoms with Crippen molar-refractivity contribution in [1.82, 2.24) is 24.6 Å². The van der Waals surface area contributed by atoms with E-state index < -0.39 is 0 Å². The second-order valence-electron chi connectivity index (χ2n) is 9.74. The van der Waals surface area contributed by atoms with Crippen LogP contribution in [-0.4, -0.2) is 56.7 Å². The number of carbonyl (C=O) groups excluding carboxylic acids is 1. The van der Waals surface area contributed by atoms with Crippen LogP contribution in [0.2, 0.25) is 0 Å². The smallest absolute Gasteiger partial charge is 0.225 e. The highest BCUT2D eigenvalue weighted by atomic mass is 19.1. The predicted octanol–water partition coefficient (Wildman–Crippen LogP) is 4.30. The van der Waals surface area contributed by atoms with Crippen LogP contribution in [0.5, 0.6) is 0 Å². The second kappa shape index (κ2) is 9.33. The van der Waals surface area contributed by atoms with Crippen molar-refractivity contribution in [3.05, 3.63) is 77.5 Å². The number of aromatic nitrogens is 4. The molecule has 2 fully saturated rings. The fourth-order valence-electron chi connectivity index (χ4n) is 5.11. The third kappa shape index (κ3) is 4.21. The summed E-state index contributed by atoms with van der Waals surface area (Å²) >= 11 is 0. The molecular weight excluding hydrogens is 455 g/mol. The topological polar surface area (TPSA) is 67.2 Å². The van der Waals surface area contributed by atoms with Gasteiger partial charge in [0.15, 0.2) is 5.65 Å². The van der Waals surface area contributed by atoms with Crippen LogP contribution in [0.3, 0.4) is 0 Å². The molecule has 0 unspecified atom stereocenters. The number of carbonyl (C=O) groups is 1. The fourth-order valence-corrected chi connectivity index (χ4v) is 5.11. The third-order valence-electron chi connectivity index (χ3n) is 7.35. The van der Waals surface area contributed by atoms with Gasteiger partial charge in [0.25, 0.3) is 0 Å². The molecule has 1 saturated heterocycles. The Bertz CT molecular complexity index is 1390. The van der Waals surface area contributed by atoms with E-state index in [0.29, 0.717) is 36.9 Å². The van der Waals surface area contributed by atoms with Crippen molar-refractivity contribution in [2.24, 2.45) is 5.92 Å².